The molecule has 9 nitrogen and oxygen atoms in total. The zero-order chi connectivity index (χ0) is 24.0. The van der Waals surface area contributed by atoms with Crippen molar-refractivity contribution in [2.75, 3.05) is 5.32 Å². The van der Waals surface area contributed by atoms with Crippen LogP contribution in [0.1, 0.15) is 60.0 Å². The predicted octanol–water partition coefficient (Wildman–Crippen LogP) is 3.95. The van der Waals surface area contributed by atoms with Crippen LogP contribution in [0.3, 0.4) is 0 Å². The minimum absolute atomic E-state index is 0.0760. The fourth-order valence-electron chi connectivity index (χ4n) is 5.14. The first kappa shape index (κ1) is 22.3. The average Bonchev–Trinajstić information content (AvgIpc) is 3.73. The van der Waals surface area contributed by atoms with Crippen LogP contribution in [0, 0.1) is 38.5 Å². The third-order valence-corrected chi connectivity index (χ3v) is 7.14. The van der Waals surface area contributed by atoms with Crippen LogP contribution >= 0.6 is 0 Å². The highest BCUT2D eigenvalue weighted by molar-refractivity contribution is 6.03. The zero-order valence-corrected chi connectivity index (χ0v) is 19.9. The fraction of sp³-hybridized carbons (Fsp3) is 0.480. The highest BCUT2D eigenvalue weighted by Gasteiger charge is 2.55. The Bertz CT molecular complexity index is 1190. The van der Waals surface area contributed by atoms with Crippen molar-refractivity contribution < 1.29 is 14.1 Å². The SMILES string of the molecule is Cc1conc1C(=O)NC(C)(C(=O)Nc1ccc(-c2c(C)n[nH]c2C)nc1)C(C1CC1)C1CC1. The topological polar surface area (TPSA) is 126 Å². The molecule has 0 spiro atoms. The molecule has 1 unspecified atom stereocenters. The number of H-pyrrole nitrogens is 1. The van der Waals surface area contributed by atoms with Crippen molar-refractivity contribution in [3.63, 3.8) is 0 Å². The molecule has 3 N–H and O–H groups in total. The van der Waals surface area contributed by atoms with Crippen LogP contribution in [0.15, 0.2) is 29.1 Å². The molecule has 0 aromatic carbocycles. The van der Waals surface area contributed by atoms with Gasteiger partial charge in [-0.05, 0) is 83.3 Å². The van der Waals surface area contributed by atoms with Crippen LogP contribution in [-0.2, 0) is 4.79 Å². The predicted molar refractivity (Wildman–Crippen MR) is 126 cm³/mol. The summed E-state index contributed by atoms with van der Waals surface area (Å²) in [5.41, 5.74) is 3.90. The Morgan fingerprint density at radius 3 is 2.35 bits per heavy atom. The van der Waals surface area contributed by atoms with Gasteiger partial charge in [-0.2, -0.15) is 5.10 Å². The quantitative estimate of drug-likeness (QED) is 0.465. The number of rotatable bonds is 8. The second kappa shape index (κ2) is 8.38. The molecular weight excluding hydrogens is 432 g/mol. The molecule has 9 heteroatoms. The Labute approximate surface area is 198 Å². The van der Waals surface area contributed by atoms with E-state index in [2.05, 4.69) is 31.0 Å². The lowest BCUT2D eigenvalue weighted by molar-refractivity contribution is -0.124. The Morgan fingerprint density at radius 2 is 1.85 bits per heavy atom. The number of carbonyl (C=O) groups excluding carboxylic acids is 2. The number of hydrogen-bond donors (Lipinski definition) is 3. The molecule has 2 aliphatic rings. The van der Waals surface area contributed by atoms with E-state index in [9.17, 15) is 9.59 Å². The van der Waals surface area contributed by atoms with Crippen LogP contribution in [0.4, 0.5) is 5.69 Å². The Hall–Kier alpha value is -3.49. The van der Waals surface area contributed by atoms with Gasteiger partial charge in [-0.25, -0.2) is 0 Å². The van der Waals surface area contributed by atoms with Crippen LogP contribution in [0.2, 0.25) is 0 Å². The van der Waals surface area contributed by atoms with Gasteiger partial charge in [0.2, 0.25) is 5.91 Å². The monoisotopic (exact) mass is 462 g/mol. The van der Waals surface area contributed by atoms with E-state index in [0.29, 0.717) is 23.1 Å². The first-order valence-electron chi connectivity index (χ1n) is 11.8. The van der Waals surface area contributed by atoms with E-state index in [1.54, 1.807) is 13.1 Å². The molecule has 2 saturated carbocycles. The summed E-state index contributed by atoms with van der Waals surface area (Å²) < 4.78 is 4.95. The van der Waals surface area contributed by atoms with Crippen LogP contribution < -0.4 is 10.6 Å². The standard InChI is InChI=1S/C25H30N6O3/c1-13-12-34-31-22(13)23(32)28-25(4,21(16-5-6-16)17-7-8-17)24(33)27-18-9-10-19(26-11-18)20-14(2)29-30-15(20)3/h9-12,16-17,21H,5-8H2,1-4H3,(H,27,33)(H,28,32)(H,29,30). The molecule has 0 aliphatic heterocycles. The summed E-state index contributed by atoms with van der Waals surface area (Å²) >= 11 is 0. The van der Waals surface area contributed by atoms with E-state index >= 15 is 0 Å². The van der Waals surface area contributed by atoms with Gasteiger partial charge >= 0.3 is 0 Å². The Kier molecular flexibility index (Phi) is 5.50. The second-order valence-electron chi connectivity index (χ2n) is 9.90. The molecule has 2 aliphatic carbocycles. The van der Waals surface area contributed by atoms with E-state index in [1.807, 2.05) is 32.9 Å². The van der Waals surface area contributed by atoms with E-state index < -0.39 is 11.4 Å². The average molecular weight is 463 g/mol. The minimum atomic E-state index is -1.08. The lowest BCUT2D eigenvalue weighted by atomic mass is 9.77. The van der Waals surface area contributed by atoms with E-state index in [-0.39, 0.29) is 17.5 Å². The minimum Gasteiger partial charge on any atom is -0.364 e. The molecule has 2 amide bonds. The number of pyridine rings is 1. The Balaban J connectivity index is 1.40. The largest absolute Gasteiger partial charge is 0.364 e. The lowest BCUT2D eigenvalue weighted by Gasteiger charge is -2.37. The lowest BCUT2D eigenvalue weighted by Crippen LogP contribution is -2.60. The van der Waals surface area contributed by atoms with E-state index in [1.165, 1.54) is 6.26 Å². The number of aromatic nitrogens is 4. The highest BCUT2D eigenvalue weighted by atomic mass is 16.5. The summed E-state index contributed by atoms with van der Waals surface area (Å²) in [5.74, 6) is 0.321. The molecule has 3 aromatic rings. The summed E-state index contributed by atoms with van der Waals surface area (Å²) in [5, 5.41) is 17.1. The first-order chi connectivity index (χ1) is 16.3. The highest BCUT2D eigenvalue weighted by Crippen LogP contribution is 2.53. The molecular formula is C25H30N6O3. The zero-order valence-electron chi connectivity index (χ0n) is 19.9. The van der Waals surface area contributed by atoms with Crippen LogP contribution in [0.5, 0.6) is 0 Å². The maximum absolute atomic E-state index is 13.7. The summed E-state index contributed by atoms with van der Waals surface area (Å²) in [6.45, 7) is 7.49. The molecule has 5 rings (SSSR count). The molecule has 0 bridgehead atoms. The molecule has 178 valence electrons. The molecule has 34 heavy (non-hydrogen) atoms. The fourth-order valence-corrected chi connectivity index (χ4v) is 5.14. The number of nitrogens with zero attached hydrogens (tertiary/aromatic N) is 3. The van der Waals surface area contributed by atoms with Crippen molar-refractivity contribution >= 4 is 17.5 Å². The van der Waals surface area contributed by atoms with Gasteiger partial charge in [0, 0.05) is 16.8 Å². The van der Waals surface area contributed by atoms with Gasteiger partial charge in [0.25, 0.3) is 5.91 Å². The molecule has 3 heterocycles. The Morgan fingerprint density at radius 1 is 1.15 bits per heavy atom. The van der Waals surface area contributed by atoms with Gasteiger partial charge in [-0.1, -0.05) is 5.16 Å². The number of aryl methyl sites for hydroxylation is 3. The smallest absolute Gasteiger partial charge is 0.274 e. The van der Waals surface area contributed by atoms with E-state index in [4.69, 9.17) is 4.52 Å². The number of carbonyl (C=O) groups is 2. The van der Waals surface area contributed by atoms with E-state index in [0.717, 1.165) is 48.3 Å². The van der Waals surface area contributed by atoms with Gasteiger partial charge in [0.05, 0.1) is 23.3 Å². The van der Waals surface area contributed by atoms with Crippen molar-refractivity contribution in [2.45, 2.75) is 58.9 Å². The molecule has 0 saturated heterocycles. The summed E-state index contributed by atoms with van der Waals surface area (Å²) in [4.78, 5) is 31.4. The first-order valence-corrected chi connectivity index (χ1v) is 11.8. The number of hydrogen-bond acceptors (Lipinski definition) is 6. The van der Waals surface area contributed by atoms with Crippen molar-refractivity contribution in [2.24, 2.45) is 17.8 Å². The third-order valence-electron chi connectivity index (χ3n) is 7.14. The van der Waals surface area contributed by atoms with Crippen molar-refractivity contribution in [1.82, 2.24) is 25.7 Å². The summed E-state index contributed by atoms with van der Waals surface area (Å²) in [7, 11) is 0. The maximum Gasteiger partial charge on any atom is 0.274 e. The van der Waals surface area contributed by atoms with Gasteiger partial charge < -0.3 is 15.2 Å². The number of amides is 2. The number of aromatic amines is 1. The van der Waals surface area contributed by atoms with Crippen LogP contribution in [0.25, 0.3) is 11.3 Å². The molecule has 0 radical (unpaired) electrons. The number of nitrogens with one attached hydrogen (secondary N) is 3. The normalized spacial score (nSPS) is 17.4. The van der Waals surface area contributed by atoms with Crippen molar-refractivity contribution in [3.05, 3.63) is 47.2 Å². The summed E-state index contributed by atoms with van der Waals surface area (Å²) in [6.07, 6.45) is 7.42. The van der Waals surface area contributed by atoms with Gasteiger partial charge in [-0.3, -0.25) is 19.7 Å². The summed E-state index contributed by atoms with van der Waals surface area (Å²) in [6, 6.07) is 3.70. The van der Waals surface area contributed by atoms with Crippen molar-refractivity contribution in [3.8, 4) is 11.3 Å². The third kappa shape index (κ3) is 4.10. The second-order valence-corrected chi connectivity index (χ2v) is 9.90. The molecule has 3 aromatic heterocycles. The van der Waals surface area contributed by atoms with Crippen LogP contribution in [-0.4, -0.2) is 37.7 Å². The molecule has 1 atom stereocenters. The van der Waals surface area contributed by atoms with Gasteiger partial charge in [0.1, 0.15) is 11.8 Å². The molecule has 2 fully saturated rings. The van der Waals surface area contributed by atoms with Crippen molar-refractivity contribution in [1.29, 1.82) is 0 Å². The maximum atomic E-state index is 13.7. The van der Waals surface area contributed by atoms with Gasteiger partial charge in [-0.15, -0.1) is 0 Å². The number of anilines is 1. The van der Waals surface area contributed by atoms with Gasteiger partial charge in [0.15, 0.2) is 5.69 Å².